The molecular weight excluding hydrogens is 959 g/mol. The van der Waals surface area contributed by atoms with Gasteiger partial charge in [-0.25, -0.2) is 9.48 Å². The summed E-state index contributed by atoms with van der Waals surface area (Å²) >= 11 is 0. The van der Waals surface area contributed by atoms with E-state index in [-0.39, 0.29) is 18.3 Å². The van der Waals surface area contributed by atoms with Crippen molar-refractivity contribution in [3.8, 4) is 5.75 Å². The summed E-state index contributed by atoms with van der Waals surface area (Å²) in [4.78, 5) is 15.2. The van der Waals surface area contributed by atoms with E-state index >= 15 is 0 Å². The fraction of sp³-hybridized carbons (Fsp3) is 0.741. The Morgan fingerprint density at radius 1 is 0.658 bits per heavy atom. The van der Waals surface area contributed by atoms with Crippen molar-refractivity contribution in [2.24, 2.45) is 25.9 Å². The number of hydrogen-bond donors (Lipinski definition) is 1. The highest BCUT2D eigenvalue weighted by Crippen LogP contribution is 2.35. The van der Waals surface area contributed by atoms with Crippen LogP contribution in [0.3, 0.4) is 0 Å². The Balaban J connectivity index is 0.000000312. The zero-order valence-electron chi connectivity index (χ0n) is 50.8. The third-order valence-corrected chi connectivity index (χ3v) is 12.2. The van der Waals surface area contributed by atoms with Crippen LogP contribution in [-0.2, 0) is 34.9 Å². The Kier molecular flexibility index (Phi) is 31.0. The molecule has 4 aromatic heterocycles. The lowest BCUT2D eigenvalue weighted by Gasteiger charge is -2.34. The van der Waals surface area contributed by atoms with Gasteiger partial charge in [-0.15, -0.1) is 10.2 Å². The van der Waals surface area contributed by atoms with Crippen molar-refractivity contribution in [2.75, 3.05) is 20.2 Å². The molecule has 2 aliphatic carbocycles. The molecule has 18 nitrogen and oxygen atoms in total. The molecule has 0 atom stereocenters. The summed E-state index contributed by atoms with van der Waals surface area (Å²) in [5.74, 6) is 4.80. The van der Waals surface area contributed by atoms with Crippen LogP contribution in [0.2, 0.25) is 0 Å². The van der Waals surface area contributed by atoms with Crippen LogP contribution in [0.25, 0.3) is 0 Å². The maximum absolute atomic E-state index is 11.8. The second-order valence-corrected chi connectivity index (χ2v) is 23.2. The first-order valence-electron chi connectivity index (χ1n) is 28.2. The molecule has 0 spiro atoms. The van der Waals surface area contributed by atoms with Crippen molar-refractivity contribution in [1.82, 2.24) is 65.3 Å². The summed E-state index contributed by atoms with van der Waals surface area (Å²) in [5, 5.41) is 34.1. The van der Waals surface area contributed by atoms with Crippen molar-refractivity contribution in [1.29, 1.82) is 0 Å². The van der Waals surface area contributed by atoms with Crippen LogP contribution in [0.4, 0.5) is 4.79 Å². The van der Waals surface area contributed by atoms with Gasteiger partial charge >= 0.3 is 6.09 Å². The first-order chi connectivity index (χ1) is 35.8. The highest BCUT2D eigenvalue weighted by atomic mass is 16.6. The highest BCUT2D eigenvalue weighted by Gasteiger charge is 2.27. The Morgan fingerprint density at radius 3 is 1.53 bits per heavy atom. The van der Waals surface area contributed by atoms with E-state index in [2.05, 4.69) is 129 Å². The Morgan fingerprint density at radius 2 is 1.18 bits per heavy atom. The van der Waals surface area contributed by atoms with Crippen LogP contribution in [0, 0.1) is 11.8 Å². The molecule has 3 aliphatic rings. The van der Waals surface area contributed by atoms with E-state index in [0.29, 0.717) is 35.9 Å². The molecule has 76 heavy (non-hydrogen) atoms. The van der Waals surface area contributed by atoms with Crippen LogP contribution in [0.5, 0.6) is 5.75 Å². The molecule has 0 bridgehead atoms. The first kappa shape index (κ1) is 66.9. The van der Waals surface area contributed by atoms with Gasteiger partial charge in [0.2, 0.25) is 0 Å². The number of carbonyl (C=O) groups excluding carboxylic acids is 1. The van der Waals surface area contributed by atoms with Gasteiger partial charge in [0.05, 0.1) is 73.2 Å². The van der Waals surface area contributed by atoms with Gasteiger partial charge in [-0.1, -0.05) is 111 Å². The normalized spacial score (nSPS) is 14.9. The Bertz CT molecular complexity index is 2160. The topological polar surface area (TPSA) is 191 Å². The van der Waals surface area contributed by atoms with Gasteiger partial charge in [-0.3, -0.25) is 4.68 Å². The maximum Gasteiger partial charge on any atom is 0.410 e. The molecule has 0 unspecified atom stereocenters. The van der Waals surface area contributed by atoms with Gasteiger partial charge in [-0.05, 0) is 140 Å². The Labute approximate surface area is 458 Å². The number of benzene rings is 1. The zero-order valence-corrected chi connectivity index (χ0v) is 50.8. The standard InChI is InChI=1S/C13H17N3O.C13H25NO3.C9H18O.2C6H11N3.C6H12.C5H9N3/c1-10(2)13-9-16(15-14-13)8-11-4-6-12(17-3)7-5-11;1-10(2)16-11-6-8-14(9-7-11)12(15)17-13(3,4)5;1-8(2)10-9-6-4-3-5-7-9;1-5(2)6-4-9(3)8-7-6;1-5(2)6-4-7-9(3)8-6;1-5(2)6-3-4-6;1-4(2)5-3-6-8-7-5/h4-7,9-10H,8H2,1-3H3;10-11H,6-9H2,1-5H3;8-9H,3-7H2,1-2H3;2*4-5H,1-3H3;5-6H,3-4H2,1-2H3;3-4H,1-2H3,(H,6,7,8). The van der Waals surface area contributed by atoms with Crippen LogP contribution < -0.4 is 4.74 Å². The molecule has 1 aliphatic heterocycles. The monoisotopic (exact) mass is 1060 g/mol. The fourth-order valence-corrected chi connectivity index (χ4v) is 7.55. The number of rotatable bonds is 12. The molecule has 5 heterocycles. The van der Waals surface area contributed by atoms with Crippen LogP contribution >= 0.6 is 0 Å². The van der Waals surface area contributed by atoms with E-state index in [1.807, 2.05) is 90.1 Å². The predicted molar refractivity (Wildman–Crippen MR) is 305 cm³/mol. The summed E-state index contributed by atoms with van der Waals surface area (Å²) in [6.07, 6.45) is 20.3. The summed E-state index contributed by atoms with van der Waals surface area (Å²) in [7, 11) is 5.37. The molecule has 2 saturated carbocycles. The predicted octanol–water partition coefficient (Wildman–Crippen LogP) is 12.9. The molecule has 1 amide bonds. The molecule has 5 aromatic rings. The molecule has 430 valence electrons. The molecular formula is C58H103N13O5. The third kappa shape index (κ3) is 29.9. The molecule has 8 rings (SSSR count). The number of carbonyl (C=O) groups is 1. The summed E-state index contributed by atoms with van der Waals surface area (Å²) in [6, 6.07) is 7.98. The number of aryl methyl sites for hydroxylation is 2. The highest BCUT2D eigenvalue weighted by molar-refractivity contribution is 5.68. The van der Waals surface area contributed by atoms with E-state index in [1.54, 1.807) is 33.9 Å². The summed E-state index contributed by atoms with van der Waals surface area (Å²) in [5.41, 5.74) is 4.92. The molecule has 18 heteroatoms. The van der Waals surface area contributed by atoms with Crippen LogP contribution in [0.15, 0.2) is 49.1 Å². The van der Waals surface area contributed by atoms with Gasteiger partial charge < -0.3 is 23.8 Å². The van der Waals surface area contributed by atoms with Crippen LogP contribution in [-0.4, -0.2) is 122 Å². The van der Waals surface area contributed by atoms with Gasteiger partial charge in [0.15, 0.2) is 0 Å². The number of nitrogens with zero attached hydrogens (tertiary/aromatic N) is 12. The number of hydrogen-bond acceptors (Lipinski definition) is 13. The average Bonchev–Trinajstić information content (AvgIpc) is 3.75. The number of methoxy groups -OCH3 is 1. The lowest BCUT2D eigenvalue weighted by Crippen LogP contribution is -2.43. The number of ether oxygens (including phenoxy) is 4. The molecule has 1 N–H and O–H groups in total. The second-order valence-electron chi connectivity index (χ2n) is 23.2. The lowest BCUT2D eigenvalue weighted by molar-refractivity contribution is -0.0335. The third-order valence-electron chi connectivity index (χ3n) is 12.2. The molecule has 3 fully saturated rings. The molecule has 0 radical (unpaired) electrons. The zero-order chi connectivity index (χ0) is 57.0. The van der Waals surface area contributed by atoms with E-state index in [9.17, 15) is 4.79 Å². The fourth-order valence-electron chi connectivity index (χ4n) is 7.55. The summed E-state index contributed by atoms with van der Waals surface area (Å²) < 4.78 is 25.5. The minimum atomic E-state index is -0.414. The lowest BCUT2D eigenvalue weighted by atomic mass is 9.98. The minimum Gasteiger partial charge on any atom is -0.497 e. The van der Waals surface area contributed by atoms with E-state index < -0.39 is 5.60 Å². The van der Waals surface area contributed by atoms with Gasteiger partial charge in [0.25, 0.3) is 0 Å². The van der Waals surface area contributed by atoms with E-state index in [0.717, 1.165) is 72.8 Å². The molecule has 1 aromatic carbocycles. The Hall–Kier alpha value is -5.23. The first-order valence-corrected chi connectivity index (χ1v) is 28.2. The van der Waals surface area contributed by atoms with Crippen molar-refractivity contribution >= 4 is 6.09 Å². The number of amides is 1. The SMILES string of the molecule is CC(C)C1CC1.CC(C)OC1CCCCC1.CC(C)OC1CCN(C(=O)OC(C)(C)C)CC1.CC(C)c1cn(C)nn1.CC(C)c1cn[nH]n1.CC(C)c1cnn(C)n1.COc1ccc(Cn2cc(C(C)C)nn2)cc1. The average molecular weight is 1060 g/mol. The quantitative estimate of drug-likeness (QED) is 0.124. The number of aromatic nitrogens is 12. The van der Waals surface area contributed by atoms with Gasteiger partial charge in [0.1, 0.15) is 11.4 Å². The number of likely N-dealkylation sites (tertiary alicyclic amines) is 1. The molecule has 1 saturated heterocycles. The van der Waals surface area contributed by atoms with Gasteiger partial charge in [-0.2, -0.15) is 30.4 Å². The van der Waals surface area contributed by atoms with Gasteiger partial charge in [0, 0.05) is 39.6 Å². The number of piperidine rings is 1. The second kappa shape index (κ2) is 35.2. The number of aromatic amines is 1. The smallest absolute Gasteiger partial charge is 0.410 e. The van der Waals surface area contributed by atoms with Crippen molar-refractivity contribution in [2.45, 2.75) is 236 Å². The number of nitrogens with one attached hydrogen (secondary N) is 1. The minimum absolute atomic E-state index is 0.208. The van der Waals surface area contributed by atoms with E-state index in [4.69, 9.17) is 18.9 Å². The number of H-pyrrole nitrogens is 1. The summed E-state index contributed by atoms with van der Waals surface area (Å²) in [6.45, 7) is 37.6. The maximum atomic E-state index is 11.8. The van der Waals surface area contributed by atoms with Crippen molar-refractivity contribution in [3.05, 3.63) is 77.4 Å². The van der Waals surface area contributed by atoms with Crippen molar-refractivity contribution < 1.29 is 23.7 Å². The van der Waals surface area contributed by atoms with Crippen molar-refractivity contribution in [3.63, 3.8) is 0 Å². The largest absolute Gasteiger partial charge is 0.497 e. The van der Waals surface area contributed by atoms with Crippen LogP contribution in [0.1, 0.15) is 228 Å². The van der Waals surface area contributed by atoms with E-state index in [1.165, 1.54) is 50.5 Å².